The van der Waals surface area contributed by atoms with Crippen LogP contribution in [0, 0.1) is 56.8 Å². The highest BCUT2D eigenvalue weighted by Crippen LogP contribution is 2.74. The lowest BCUT2D eigenvalue weighted by Crippen LogP contribution is -2.66. The molecule has 0 N–H and O–H groups in total. The zero-order chi connectivity index (χ0) is 31.5. The van der Waals surface area contributed by atoms with Gasteiger partial charge in [-0.25, -0.2) is 9.83 Å². The summed E-state index contributed by atoms with van der Waals surface area (Å²) in [6.45, 7) is 24.4. The van der Waals surface area contributed by atoms with Gasteiger partial charge in [0, 0.05) is 36.1 Å². The molecule has 0 amide bonds. The van der Waals surface area contributed by atoms with E-state index in [0.29, 0.717) is 19.3 Å². The lowest BCUT2D eigenvalue weighted by Gasteiger charge is -2.69. The maximum absolute atomic E-state index is 14.7. The zero-order valence-corrected chi connectivity index (χ0v) is 27.0. The second kappa shape index (κ2) is 8.96. The van der Waals surface area contributed by atoms with Gasteiger partial charge in [0.1, 0.15) is 0 Å². The number of fused-ring (bicyclic) bond motifs is 7. The van der Waals surface area contributed by atoms with Crippen LogP contribution in [0.25, 0.3) is 4.85 Å². The molecule has 0 bridgehead atoms. The minimum absolute atomic E-state index is 0.00519. The first kappa shape index (κ1) is 29.9. The Hall–Kier alpha value is -3.14. The summed E-state index contributed by atoms with van der Waals surface area (Å²) in [4.78, 5) is 62.9. The second-order valence-electron chi connectivity index (χ2n) is 16.4. The maximum Gasteiger partial charge on any atom is 0.238 e. The van der Waals surface area contributed by atoms with Gasteiger partial charge in [-0.3, -0.25) is 19.0 Å². The van der Waals surface area contributed by atoms with Crippen molar-refractivity contribution in [2.45, 2.75) is 100 Å². The van der Waals surface area contributed by atoms with E-state index in [4.69, 9.17) is 6.57 Å². The van der Waals surface area contributed by atoms with Crippen LogP contribution in [0.3, 0.4) is 0 Å². The van der Waals surface area contributed by atoms with Crippen molar-refractivity contribution in [1.29, 1.82) is 0 Å². The lowest BCUT2D eigenvalue weighted by atomic mass is 9.34. The molecule has 1 heterocycles. The molecule has 0 spiro atoms. The van der Waals surface area contributed by atoms with E-state index in [9.17, 15) is 19.2 Å². The Morgan fingerprint density at radius 3 is 2.33 bits per heavy atom. The summed E-state index contributed by atoms with van der Waals surface area (Å²) in [5.41, 5.74) is -1.57. The number of ketones is 3. The fraction of sp³-hybridized carbons (Fsp3) is 0.667. The minimum Gasteiger partial charge on any atom is -0.307 e. The van der Waals surface area contributed by atoms with Crippen LogP contribution >= 0.6 is 0 Å². The maximum atomic E-state index is 14.7. The lowest BCUT2D eigenvalue weighted by molar-refractivity contribution is -0.164. The second-order valence-corrected chi connectivity index (χ2v) is 16.4. The van der Waals surface area contributed by atoms with E-state index < -0.39 is 21.7 Å². The number of allylic oxidation sites excluding steroid dienone is 4. The number of rotatable bonds is 2. The minimum atomic E-state index is -0.751. The predicted molar refractivity (Wildman–Crippen MR) is 163 cm³/mol. The Bertz CT molecular complexity index is 1580. The molecular weight excluding hydrogens is 538 g/mol. The molecule has 7 nitrogen and oxygen atoms in total. The third kappa shape index (κ3) is 3.68. The number of hydrogen-bond acceptors (Lipinski definition) is 5. The Morgan fingerprint density at radius 2 is 1.67 bits per heavy atom. The zero-order valence-electron chi connectivity index (χ0n) is 27.0. The first-order chi connectivity index (χ1) is 19.9. The van der Waals surface area contributed by atoms with Crippen LogP contribution in [0.15, 0.2) is 35.8 Å². The van der Waals surface area contributed by atoms with Gasteiger partial charge < -0.3 is 4.79 Å². The molecule has 1 aromatic heterocycles. The van der Waals surface area contributed by atoms with E-state index in [1.165, 1.54) is 17.7 Å². The highest BCUT2D eigenvalue weighted by Gasteiger charge is 2.71. The molecule has 0 radical (unpaired) electrons. The first-order valence-electron chi connectivity index (χ1n) is 15.9. The number of hydrogen-bond donors (Lipinski definition) is 0. The van der Waals surface area contributed by atoms with Crippen molar-refractivity contribution >= 4 is 23.3 Å². The highest BCUT2D eigenvalue weighted by atomic mass is 16.2. The van der Waals surface area contributed by atoms with E-state index in [0.717, 1.165) is 31.3 Å². The van der Waals surface area contributed by atoms with E-state index in [1.54, 1.807) is 6.20 Å². The van der Waals surface area contributed by atoms with Gasteiger partial charge >= 0.3 is 0 Å². The molecule has 228 valence electrons. The molecule has 3 saturated carbocycles. The van der Waals surface area contributed by atoms with Gasteiger partial charge in [0.25, 0.3) is 0 Å². The van der Waals surface area contributed by atoms with Gasteiger partial charge in [0.15, 0.2) is 23.2 Å². The SMILES string of the molecule is [C-]#[N+]C1=CC2(C)C3=CC(=O)C4C5CC(C)(C)CCC5(C(=O)n5ccnc5C(C)=O)CCC4(C)C3(C)CCC2C(C)(C)C1=O. The van der Waals surface area contributed by atoms with E-state index >= 15 is 0 Å². The Balaban J connectivity index is 1.52. The van der Waals surface area contributed by atoms with Crippen molar-refractivity contribution in [2.75, 3.05) is 0 Å². The van der Waals surface area contributed by atoms with Gasteiger partial charge in [0.05, 0.1) is 12.0 Å². The molecule has 5 aliphatic rings. The monoisotopic (exact) mass is 583 g/mol. The molecule has 1 aromatic rings. The molecule has 0 aliphatic heterocycles. The molecule has 3 fully saturated rings. The third-order valence-corrected chi connectivity index (χ3v) is 13.4. The topological polar surface area (TPSA) is 90.5 Å². The highest BCUT2D eigenvalue weighted by molar-refractivity contribution is 6.03. The summed E-state index contributed by atoms with van der Waals surface area (Å²) < 4.78 is 1.46. The van der Waals surface area contributed by atoms with E-state index in [1.807, 2.05) is 26.0 Å². The van der Waals surface area contributed by atoms with Crippen molar-refractivity contribution in [3.8, 4) is 0 Å². The predicted octanol–water partition coefficient (Wildman–Crippen LogP) is 7.30. The fourth-order valence-electron chi connectivity index (χ4n) is 10.9. The summed E-state index contributed by atoms with van der Waals surface area (Å²) in [5, 5.41) is 0. The van der Waals surface area contributed by atoms with E-state index in [-0.39, 0.29) is 63.4 Å². The van der Waals surface area contributed by atoms with Crippen molar-refractivity contribution < 1.29 is 19.2 Å². The van der Waals surface area contributed by atoms with Crippen molar-refractivity contribution in [1.82, 2.24) is 9.55 Å². The summed E-state index contributed by atoms with van der Waals surface area (Å²) in [7, 11) is 0. The Morgan fingerprint density at radius 1 is 1.00 bits per heavy atom. The summed E-state index contributed by atoms with van der Waals surface area (Å²) in [6.07, 6.45) is 12.2. The van der Waals surface area contributed by atoms with Crippen LogP contribution in [0.5, 0.6) is 0 Å². The van der Waals surface area contributed by atoms with Crippen LogP contribution in [0.2, 0.25) is 0 Å². The molecule has 7 atom stereocenters. The number of nitrogens with zero attached hydrogens (tertiary/aromatic N) is 3. The standard InChI is InChI=1S/C36H45N3O4/c1-21(40)29-38-16-17-39(29)30(43)36-14-12-31(2,3)19-22(36)27-24(41)18-26-33(6)20-23(37-9)28(42)32(4,5)25(33)10-11-34(26,7)35(27,8)13-15-36/h16-18,20,22,25,27H,10-15,19H2,1-8H3. The summed E-state index contributed by atoms with van der Waals surface area (Å²) in [6, 6.07) is 0. The average molecular weight is 584 g/mol. The molecular formula is C36H45N3O4. The Labute approximate surface area is 255 Å². The van der Waals surface area contributed by atoms with Crippen molar-refractivity contribution in [2.24, 2.45) is 50.2 Å². The molecule has 0 aromatic carbocycles. The number of aromatic nitrogens is 2. The van der Waals surface area contributed by atoms with Crippen LogP contribution in [-0.2, 0) is 9.59 Å². The van der Waals surface area contributed by atoms with Gasteiger partial charge in [0.2, 0.25) is 11.6 Å². The molecule has 0 saturated heterocycles. The molecule has 43 heavy (non-hydrogen) atoms. The fourth-order valence-corrected chi connectivity index (χ4v) is 10.9. The van der Waals surface area contributed by atoms with Gasteiger partial charge in [-0.15, -0.1) is 0 Å². The summed E-state index contributed by atoms with van der Waals surface area (Å²) in [5.74, 6) is -0.739. The van der Waals surface area contributed by atoms with Crippen LogP contribution in [0.4, 0.5) is 0 Å². The van der Waals surface area contributed by atoms with Crippen molar-refractivity contribution in [3.63, 3.8) is 0 Å². The van der Waals surface area contributed by atoms with Crippen molar-refractivity contribution in [3.05, 3.63) is 53.1 Å². The quantitative estimate of drug-likeness (QED) is 0.269. The molecule has 7 unspecified atom stereocenters. The van der Waals surface area contributed by atoms with Gasteiger partial charge in [-0.2, -0.15) is 0 Å². The average Bonchev–Trinajstić information content (AvgIpc) is 3.42. The summed E-state index contributed by atoms with van der Waals surface area (Å²) >= 11 is 0. The number of carbonyl (C=O) groups is 4. The largest absolute Gasteiger partial charge is 0.307 e. The number of imidazole rings is 1. The van der Waals surface area contributed by atoms with Crippen LogP contribution in [-0.4, -0.2) is 32.8 Å². The van der Waals surface area contributed by atoms with E-state index in [2.05, 4.69) is 44.4 Å². The third-order valence-electron chi connectivity index (χ3n) is 13.4. The normalized spacial score (nSPS) is 41.0. The molecule has 7 heteroatoms. The van der Waals surface area contributed by atoms with Crippen LogP contribution in [0.1, 0.15) is 116 Å². The molecule has 6 rings (SSSR count). The molecule has 5 aliphatic carbocycles. The smallest absolute Gasteiger partial charge is 0.238 e. The number of Topliss-reactive ketones (excluding diaryl/α,β-unsaturated/α-hetero) is 2. The Kier molecular flexibility index (Phi) is 6.23. The first-order valence-corrected chi connectivity index (χ1v) is 15.9. The van der Waals surface area contributed by atoms with Gasteiger partial charge in [-0.05, 0) is 79.1 Å². The van der Waals surface area contributed by atoms with Crippen LogP contribution < -0.4 is 0 Å². The number of carbonyl (C=O) groups excluding carboxylic acids is 4. The van der Waals surface area contributed by atoms with Gasteiger partial charge in [-0.1, -0.05) is 60.1 Å².